The number of thioether (sulfide) groups is 1. The summed E-state index contributed by atoms with van der Waals surface area (Å²) < 4.78 is 12.2. The van der Waals surface area contributed by atoms with E-state index in [1.165, 1.54) is 18.4 Å². The summed E-state index contributed by atoms with van der Waals surface area (Å²) in [4.78, 5) is 39.7. The van der Waals surface area contributed by atoms with Crippen molar-refractivity contribution in [3.63, 3.8) is 0 Å². The van der Waals surface area contributed by atoms with Crippen LogP contribution in [0.3, 0.4) is 0 Å². The summed E-state index contributed by atoms with van der Waals surface area (Å²) >= 11 is 8.31. The molecule has 11 nitrogen and oxygen atoms in total. The third kappa shape index (κ3) is 7.37. The molecule has 3 N–H and O–H groups in total. The first-order chi connectivity index (χ1) is 25.3. The standard InChI is InChI=1S/C40H53ClN4O7S/c1-23-18-30-28(24(2)20-45-17-9-10-27(21-45)22-53-33-13-6-7-16-42-33)15-14-25(3)40(30,49)36(35(23)50-26(4)46)51-37(47)32-19-39(48)29-11-8-12-31(41)34(29)44(5)52-38(39)43-32/h6-8,11-13,16,18,24-25,27-28,30,32,35-36,38,43,48-49H,9-10,14-15,17,19-22H2,1-5H3/t24?,25-,27?,28+,30-,32+,35-,36+,38-,39-,40-/m1/s1. The van der Waals surface area contributed by atoms with Gasteiger partial charge in [-0.25, -0.2) is 4.98 Å². The minimum absolute atomic E-state index is 0.0360. The number of anilines is 1. The number of likely N-dealkylation sites (tertiary alicyclic amines) is 1. The monoisotopic (exact) mass is 768 g/mol. The van der Waals surface area contributed by atoms with E-state index in [2.05, 4.69) is 34.3 Å². The number of piperidine rings is 1. The Kier molecular flexibility index (Phi) is 11.2. The van der Waals surface area contributed by atoms with Gasteiger partial charge in [-0.3, -0.25) is 24.8 Å². The Morgan fingerprint density at radius 2 is 1.98 bits per heavy atom. The fraction of sp³-hybridized carbons (Fsp3) is 0.625. The Labute approximate surface area is 321 Å². The molecule has 1 saturated carbocycles. The second kappa shape index (κ2) is 15.4. The average molecular weight is 769 g/mol. The zero-order valence-corrected chi connectivity index (χ0v) is 32.8. The molecule has 1 aromatic carbocycles. The fourth-order valence-electron chi connectivity index (χ4n) is 9.79. The van der Waals surface area contributed by atoms with Crippen molar-refractivity contribution in [2.24, 2.45) is 29.6 Å². The maximum Gasteiger partial charge on any atom is 0.323 e. The summed E-state index contributed by atoms with van der Waals surface area (Å²) in [6, 6.07) is 10.3. The highest BCUT2D eigenvalue weighted by atomic mass is 35.5. The number of hydroxylamine groups is 1. The number of benzene rings is 1. The number of carbonyl (C=O) groups is 2. The van der Waals surface area contributed by atoms with E-state index in [-0.39, 0.29) is 30.1 Å². The normalized spacial score (nSPS) is 36.1. The van der Waals surface area contributed by atoms with Gasteiger partial charge < -0.3 is 24.6 Å². The van der Waals surface area contributed by atoms with E-state index in [4.69, 9.17) is 25.9 Å². The van der Waals surface area contributed by atoms with Crippen LogP contribution in [0.4, 0.5) is 5.69 Å². The van der Waals surface area contributed by atoms with Crippen molar-refractivity contribution in [3.05, 3.63) is 64.8 Å². The predicted molar refractivity (Wildman–Crippen MR) is 203 cm³/mol. The lowest BCUT2D eigenvalue weighted by molar-refractivity contribution is -0.225. The number of nitrogens with one attached hydrogen (secondary N) is 1. The number of para-hydroxylation sites is 1. The third-order valence-electron chi connectivity index (χ3n) is 12.5. The molecule has 13 heteroatoms. The summed E-state index contributed by atoms with van der Waals surface area (Å²) in [5, 5.41) is 31.0. The van der Waals surface area contributed by atoms with Crippen LogP contribution in [0, 0.1) is 29.6 Å². The van der Waals surface area contributed by atoms with Crippen molar-refractivity contribution in [1.29, 1.82) is 0 Å². The van der Waals surface area contributed by atoms with Crippen molar-refractivity contribution in [2.45, 2.75) is 101 Å². The number of fused-ring (bicyclic) bond motifs is 4. The highest BCUT2D eigenvalue weighted by molar-refractivity contribution is 7.99. The van der Waals surface area contributed by atoms with Crippen molar-refractivity contribution in [3.8, 4) is 0 Å². The number of hydrogen-bond donors (Lipinski definition) is 3. The molecule has 2 saturated heterocycles. The number of aliphatic hydroxyl groups is 2. The lowest BCUT2D eigenvalue weighted by atomic mass is 9.55. The van der Waals surface area contributed by atoms with Gasteiger partial charge in [-0.1, -0.05) is 49.7 Å². The van der Waals surface area contributed by atoms with Gasteiger partial charge >= 0.3 is 11.9 Å². The largest absolute Gasteiger partial charge is 0.454 e. The summed E-state index contributed by atoms with van der Waals surface area (Å²) in [6.45, 7) is 10.5. The third-order valence-corrected chi connectivity index (χ3v) is 14.0. The molecule has 11 atom stereocenters. The zero-order chi connectivity index (χ0) is 37.7. The van der Waals surface area contributed by atoms with Crippen LogP contribution < -0.4 is 10.4 Å². The highest BCUT2D eigenvalue weighted by Gasteiger charge is 2.62. The zero-order valence-electron chi connectivity index (χ0n) is 31.2. The number of carbonyl (C=O) groups excluding carboxylic acids is 2. The maximum absolute atomic E-state index is 14.2. The molecule has 0 spiro atoms. The topological polar surface area (TPSA) is 134 Å². The molecule has 0 bridgehead atoms. The SMILES string of the molecule is CC(=O)O[C@@H]1C(C)=C[C@@H]2[C@H](C(C)CN3CCCC(CSc4ccccn4)C3)CC[C@@H](C)[C@]2(O)[C@H]1OC(=O)[C@@H]1C[C@@]2(O)c3cccc(Cl)c3N(C)O[C@H]2N1. The number of pyridine rings is 1. The number of aromatic nitrogens is 1. The molecule has 0 amide bonds. The average Bonchev–Trinajstić information content (AvgIpc) is 3.48. The number of esters is 2. The smallest absolute Gasteiger partial charge is 0.323 e. The number of nitrogens with zero attached hydrogens (tertiary/aromatic N) is 3. The molecule has 1 aromatic heterocycles. The Balaban J connectivity index is 1.09. The molecule has 2 aromatic rings. The van der Waals surface area contributed by atoms with Crippen LogP contribution in [-0.2, 0) is 29.5 Å². The number of hydrogen-bond acceptors (Lipinski definition) is 12. The van der Waals surface area contributed by atoms with Gasteiger partial charge in [-0.2, -0.15) is 0 Å². The van der Waals surface area contributed by atoms with E-state index in [0.29, 0.717) is 22.2 Å². The lowest BCUT2D eigenvalue weighted by Crippen LogP contribution is -2.66. The first-order valence-corrected chi connectivity index (χ1v) is 20.4. The van der Waals surface area contributed by atoms with Crippen LogP contribution in [0.15, 0.2) is 59.3 Å². The first kappa shape index (κ1) is 38.6. The Hall–Kier alpha value is -2.71. The lowest BCUT2D eigenvalue weighted by Gasteiger charge is -2.56. The molecule has 288 valence electrons. The van der Waals surface area contributed by atoms with Crippen molar-refractivity contribution in [2.75, 3.05) is 37.5 Å². The molecule has 2 unspecified atom stereocenters. The second-order valence-electron chi connectivity index (χ2n) is 16.0. The molecule has 3 fully saturated rings. The summed E-state index contributed by atoms with van der Waals surface area (Å²) in [6.07, 6.45) is 4.86. The molecule has 5 aliphatic rings. The van der Waals surface area contributed by atoms with Crippen molar-refractivity contribution in [1.82, 2.24) is 15.2 Å². The van der Waals surface area contributed by atoms with Crippen LogP contribution in [-0.4, -0.2) is 94.5 Å². The van der Waals surface area contributed by atoms with Gasteiger partial charge in [0.15, 0.2) is 18.4 Å². The van der Waals surface area contributed by atoms with Crippen LogP contribution in [0.1, 0.15) is 65.4 Å². The van der Waals surface area contributed by atoms with E-state index in [9.17, 15) is 19.8 Å². The summed E-state index contributed by atoms with van der Waals surface area (Å²) in [5.41, 5.74) is -1.22. The number of ether oxygens (including phenoxy) is 2. The van der Waals surface area contributed by atoms with Gasteiger partial charge in [0.05, 0.1) is 15.7 Å². The molecule has 53 heavy (non-hydrogen) atoms. The Morgan fingerprint density at radius 3 is 2.74 bits per heavy atom. The van der Waals surface area contributed by atoms with Crippen LogP contribution in [0.2, 0.25) is 5.02 Å². The predicted octanol–water partition coefficient (Wildman–Crippen LogP) is 5.33. The van der Waals surface area contributed by atoms with Crippen molar-refractivity contribution >= 4 is 41.0 Å². The van der Waals surface area contributed by atoms with E-state index in [0.717, 1.165) is 55.2 Å². The van der Waals surface area contributed by atoms with Gasteiger partial charge in [0.25, 0.3) is 0 Å². The van der Waals surface area contributed by atoms with E-state index >= 15 is 0 Å². The molecule has 3 aliphatic heterocycles. The van der Waals surface area contributed by atoms with Crippen molar-refractivity contribution < 1.29 is 34.1 Å². The van der Waals surface area contributed by atoms with Crippen LogP contribution >= 0.6 is 23.4 Å². The molecular weight excluding hydrogens is 716 g/mol. The highest BCUT2D eigenvalue weighted by Crippen LogP contribution is 2.53. The maximum atomic E-state index is 14.2. The van der Waals surface area contributed by atoms with Gasteiger partial charge in [-0.15, -0.1) is 11.8 Å². The molecule has 7 rings (SSSR count). The minimum Gasteiger partial charge on any atom is -0.454 e. The number of rotatable bonds is 9. The van der Waals surface area contributed by atoms with E-state index in [1.54, 1.807) is 25.2 Å². The van der Waals surface area contributed by atoms with Gasteiger partial charge in [0.1, 0.15) is 17.2 Å². The van der Waals surface area contributed by atoms with E-state index in [1.807, 2.05) is 43.9 Å². The minimum atomic E-state index is -1.56. The molecule has 4 heterocycles. The van der Waals surface area contributed by atoms with Crippen LogP contribution in [0.5, 0.6) is 0 Å². The fourth-order valence-corrected chi connectivity index (χ4v) is 11.1. The quantitative estimate of drug-likeness (QED) is 0.173. The number of halogens is 1. The van der Waals surface area contributed by atoms with Gasteiger partial charge in [0.2, 0.25) is 0 Å². The van der Waals surface area contributed by atoms with Gasteiger partial charge in [-0.05, 0) is 86.6 Å². The molecular formula is C40H53ClN4O7S. The van der Waals surface area contributed by atoms with E-state index < -0.39 is 47.6 Å². The Bertz CT molecular complexity index is 1700. The molecule has 0 radical (unpaired) electrons. The van der Waals surface area contributed by atoms with Gasteiger partial charge in [0, 0.05) is 56.9 Å². The second-order valence-corrected chi connectivity index (χ2v) is 17.5. The van der Waals surface area contributed by atoms with Crippen LogP contribution in [0.25, 0.3) is 0 Å². The first-order valence-electron chi connectivity index (χ1n) is 19.0. The summed E-state index contributed by atoms with van der Waals surface area (Å²) in [5.74, 6) is 0.248. The summed E-state index contributed by atoms with van der Waals surface area (Å²) in [7, 11) is 1.70. The Morgan fingerprint density at radius 1 is 1.17 bits per heavy atom. The molecule has 2 aliphatic carbocycles.